The number of pyridine rings is 1. The van der Waals surface area contributed by atoms with Gasteiger partial charge < -0.3 is 9.64 Å². The number of rotatable bonds is 5. The fourth-order valence-electron chi connectivity index (χ4n) is 1.93. The minimum absolute atomic E-state index is 0.161. The zero-order chi connectivity index (χ0) is 18.1. The van der Waals surface area contributed by atoms with Crippen LogP contribution in [0.3, 0.4) is 0 Å². The zero-order valence-electron chi connectivity index (χ0n) is 12.9. The van der Waals surface area contributed by atoms with Gasteiger partial charge >= 0.3 is 6.18 Å². The minimum Gasteiger partial charge on any atom is -0.471 e. The molecular formula is C13H16F3N3O4S. The lowest BCUT2D eigenvalue weighted by Crippen LogP contribution is -2.58. The van der Waals surface area contributed by atoms with E-state index in [2.05, 4.69) is 4.98 Å². The van der Waals surface area contributed by atoms with Crippen LogP contribution in [-0.4, -0.2) is 67.6 Å². The molecule has 1 saturated heterocycles. The molecule has 1 amide bonds. The van der Waals surface area contributed by atoms with Gasteiger partial charge in [-0.25, -0.2) is 13.4 Å². The maximum atomic E-state index is 12.6. The van der Waals surface area contributed by atoms with E-state index in [-0.39, 0.29) is 25.5 Å². The minimum atomic E-state index is -4.56. The summed E-state index contributed by atoms with van der Waals surface area (Å²) in [4.78, 5) is 16.6. The molecule has 11 heteroatoms. The number of amides is 1. The quantitative estimate of drug-likeness (QED) is 0.761. The summed E-state index contributed by atoms with van der Waals surface area (Å²) >= 11 is 0. The van der Waals surface area contributed by atoms with E-state index < -0.39 is 33.9 Å². The van der Waals surface area contributed by atoms with Gasteiger partial charge in [0.1, 0.15) is 11.8 Å². The SMILES string of the molecule is CN(CC(=O)N1CC(Oc2cccc(C(F)(F)F)n2)C1)S(C)(=O)=O. The Labute approximate surface area is 137 Å². The number of ether oxygens (including phenoxy) is 1. The second-order valence-electron chi connectivity index (χ2n) is 5.42. The second kappa shape index (κ2) is 6.55. The first-order valence-electron chi connectivity index (χ1n) is 6.87. The Kier molecular flexibility index (Phi) is 5.04. The van der Waals surface area contributed by atoms with Crippen LogP contribution in [0.4, 0.5) is 13.2 Å². The molecule has 0 bridgehead atoms. The Hall–Kier alpha value is -1.88. The number of carbonyl (C=O) groups excluding carboxylic acids is 1. The van der Waals surface area contributed by atoms with Crippen molar-refractivity contribution < 1.29 is 31.1 Å². The van der Waals surface area contributed by atoms with Crippen molar-refractivity contribution in [1.82, 2.24) is 14.2 Å². The summed E-state index contributed by atoms with van der Waals surface area (Å²) in [6.07, 6.45) is -4.05. The predicted octanol–water partition coefficient (Wildman–Crippen LogP) is 0.581. The molecule has 0 atom stereocenters. The molecule has 0 aliphatic carbocycles. The van der Waals surface area contributed by atoms with E-state index in [1.165, 1.54) is 24.1 Å². The number of carbonyl (C=O) groups is 1. The lowest BCUT2D eigenvalue weighted by atomic mass is 10.1. The van der Waals surface area contributed by atoms with Gasteiger partial charge in [0.15, 0.2) is 0 Å². The third-order valence-electron chi connectivity index (χ3n) is 3.43. The molecule has 1 aliphatic heterocycles. The Morgan fingerprint density at radius 2 is 2.04 bits per heavy atom. The summed E-state index contributed by atoms with van der Waals surface area (Å²) in [5.74, 6) is -0.574. The molecule has 134 valence electrons. The highest BCUT2D eigenvalue weighted by atomic mass is 32.2. The topological polar surface area (TPSA) is 79.8 Å². The standard InChI is InChI=1S/C13H16F3N3O4S/c1-18(24(2,21)22)8-12(20)19-6-9(7-19)23-11-5-3-4-10(17-11)13(14,15)16/h3-5,9H,6-8H2,1-2H3. The van der Waals surface area contributed by atoms with Crippen molar-refractivity contribution in [1.29, 1.82) is 0 Å². The van der Waals surface area contributed by atoms with E-state index in [0.29, 0.717) is 0 Å². The lowest BCUT2D eigenvalue weighted by molar-refractivity contribution is -0.142. The van der Waals surface area contributed by atoms with Crippen molar-refractivity contribution in [2.75, 3.05) is 32.9 Å². The van der Waals surface area contributed by atoms with Gasteiger partial charge in [-0.3, -0.25) is 4.79 Å². The normalized spacial score (nSPS) is 16.2. The maximum Gasteiger partial charge on any atom is 0.433 e. The number of nitrogens with zero attached hydrogens (tertiary/aromatic N) is 3. The van der Waals surface area contributed by atoms with Crippen molar-refractivity contribution in [3.8, 4) is 5.88 Å². The number of aromatic nitrogens is 1. The van der Waals surface area contributed by atoms with Gasteiger partial charge in [-0.2, -0.15) is 17.5 Å². The molecule has 1 fully saturated rings. The lowest BCUT2D eigenvalue weighted by Gasteiger charge is -2.39. The summed E-state index contributed by atoms with van der Waals surface area (Å²) in [7, 11) is -2.17. The molecule has 2 heterocycles. The van der Waals surface area contributed by atoms with Crippen molar-refractivity contribution in [3.05, 3.63) is 23.9 Å². The highest BCUT2D eigenvalue weighted by Crippen LogP contribution is 2.29. The van der Waals surface area contributed by atoms with Gasteiger partial charge in [0.2, 0.25) is 21.8 Å². The van der Waals surface area contributed by atoms with Crippen LogP contribution < -0.4 is 4.74 Å². The van der Waals surface area contributed by atoms with Crippen molar-refractivity contribution >= 4 is 15.9 Å². The number of alkyl halides is 3. The third kappa shape index (κ3) is 4.57. The summed E-state index contributed by atoms with van der Waals surface area (Å²) in [5.41, 5.74) is -1.05. The number of hydrogen-bond acceptors (Lipinski definition) is 5. The maximum absolute atomic E-state index is 12.6. The van der Waals surface area contributed by atoms with E-state index in [4.69, 9.17) is 4.74 Å². The van der Waals surface area contributed by atoms with Gasteiger partial charge in [0.05, 0.1) is 25.9 Å². The molecule has 1 aliphatic rings. The van der Waals surface area contributed by atoms with Crippen molar-refractivity contribution in [2.24, 2.45) is 0 Å². The van der Waals surface area contributed by atoms with Gasteiger partial charge in [-0.1, -0.05) is 6.07 Å². The molecule has 0 spiro atoms. The van der Waals surface area contributed by atoms with Gasteiger partial charge in [-0.15, -0.1) is 0 Å². The van der Waals surface area contributed by atoms with E-state index in [0.717, 1.165) is 16.6 Å². The largest absolute Gasteiger partial charge is 0.471 e. The first kappa shape index (κ1) is 18.5. The summed E-state index contributed by atoms with van der Waals surface area (Å²) in [6, 6.07) is 3.33. The molecule has 0 saturated carbocycles. The van der Waals surface area contributed by atoms with E-state index in [9.17, 15) is 26.4 Å². The molecule has 0 N–H and O–H groups in total. The number of halogens is 3. The van der Waals surface area contributed by atoms with Gasteiger partial charge in [-0.05, 0) is 6.07 Å². The molecule has 0 radical (unpaired) electrons. The highest BCUT2D eigenvalue weighted by Gasteiger charge is 2.35. The number of likely N-dealkylation sites (tertiary alicyclic amines) is 1. The Morgan fingerprint density at radius 3 is 2.58 bits per heavy atom. The van der Waals surface area contributed by atoms with Crippen LogP contribution in [0.1, 0.15) is 5.69 Å². The summed E-state index contributed by atoms with van der Waals surface area (Å²) in [6.45, 7) is 0.0239. The average molecular weight is 367 g/mol. The van der Waals surface area contributed by atoms with Crippen LogP contribution >= 0.6 is 0 Å². The summed E-state index contributed by atoms with van der Waals surface area (Å²) < 4.78 is 66.4. The van der Waals surface area contributed by atoms with Crippen LogP contribution in [0.5, 0.6) is 5.88 Å². The average Bonchev–Trinajstić information content (AvgIpc) is 2.40. The Morgan fingerprint density at radius 1 is 1.42 bits per heavy atom. The molecule has 0 aromatic carbocycles. The van der Waals surface area contributed by atoms with Crippen LogP contribution in [0.25, 0.3) is 0 Å². The number of hydrogen-bond donors (Lipinski definition) is 0. The number of sulfonamides is 1. The molecule has 7 nitrogen and oxygen atoms in total. The predicted molar refractivity (Wildman–Crippen MR) is 77.7 cm³/mol. The highest BCUT2D eigenvalue weighted by molar-refractivity contribution is 7.88. The molecular weight excluding hydrogens is 351 g/mol. The summed E-state index contributed by atoms with van der Waals surface area (Å²) in [5, 5.41) is 0. The van der Waals surface area contributed by atoms with Crippen LogP contribution in [0.15, 0.2) is 18.2 Å². The van der Waals surface area contributed by atoms with Gasteiger partial charge in [0.25, 0.3) is 0 Å². The molecule has 2 rings (SSSR count). The molecule has 0 unspecified atom stereocenters. The Bertz CT molecular complexity index is 717. The monoisotopic (exact) mass is 367 g/mol. The van der Waals surface area contributed by atoms with Crippen molar-refractivity contribution in [3.63, 3.8) is 0 Å². The van der Waals surface area contributed by atoms with Gasteiger partial charge in [0, 0.05) is 13.1 Å². The Balaban J connectivity index is 1.86. The zero-order valence-corrected chi connectivity index (χ0v) is 13.8. The smallest absolute Gasteiger partial charge is 0.433 e. The molecule has 1 aromatic rings. The first-order valence-corrected chi connectivity index (χ1v) is 8.71. The van der Waals surface area contributed by atoms with Crippen molar-refractivity contribution in [2.45, 2.75) is 12.3 Å². The van der Waals surface area contributed by atoms with E-state index in [1.54, 1.807) is 0 Å². The second-order valence-corrected chi connectivity index (χ2v) is 7.51. The van der Waals surface area contributed by atoms with Crippen LogP contribution in [-0.2, 0) is 21.0 Å². The van der Waals surface area contributed by atoms with Crippen LogP contribution in [0.2, 0.25) is 0 Å². The number of likely N-dealkylation sites (N-methyl/N-ethyl adjacent to an activating group) is 1. The first-order chi connectivity index (χ1) is 11.0. The third-order valence-corrected chi connectivity index (χ3v) is 4.69. The molecule has 1 aromatic heterocycles. The van der Waals surface area contributed by atoms with Crippen LogP contribution in [0, 0.1) is 0 Å². The van der Waals surface area contributed by atoms with E-state index >= 15 is 0 Å². The molecule has 24 heavy (non-hydrogen) atoms. The van der Waals surface area contributed by atoms with E-state index in [1.807, 2.05) is 0 Å². The fourth-order valence-corrected chi connectivity index (χ4v) is 2.28. The fraction of sp³-hybridized carbons (Fsp3) is 0.538.